The van der Waals surface area contributed by atoms with Crippen molar-refractivity contribution in [2.75, 3.05) is 30.3 Å². The molecular weight excluding hydrogens is 251 g/mol. The van der Waals surface area contributed by atoms with Gasteiger partial charge in [0.25, 0.3) is 0 Å². The van der Waals surface area contributed by atoms with Crippen molar-refractivity contribution >= 4 is 17.8 Å². The van der Waals surface area contributed by atoms with Gasteiger partial charge in [0.05, 0.1) is 6.20 Å². The van der Waals surface area contributed by atoms with Crippen molar-refractivity contribution in [1.82, 2.24) is 15.3 Å². The van der Waals surface area contributed by atoms with Crippen molar-refractivity contribution in [2.24, 2.45) is 11.7 Å². The van der Waals surface area contributed by atoms with E-state index in [9.17, 15) is 9.18 Å². The highest BCUT2D eigenvalue weighted by Crippen LogP contribution is 2.23. The number of nitrogens with two attached hydrogens (primary N) is 2. The molecule has 0 aliphatic carbocycles. The number of aromatic nitrogens is 2. The van der Waals surface area contributed by atoms with Gasteiger partial charge in [0.15, 0.2) is 11.6 Å². The van der Waals surface area contributed by atoms with E-state index in [4.69, 9.17) is 11.5 Å². The number of amides is 2. The molecule has 0 spiro atoms. The Kier molecular flexibility index (Phi) is 3.98. The van der Waals surface area contributed by atoms with Crippen molar-refractivity contribution in [1.29, 1.82) is 0 Å². The predicted molar refractivity (Wildman–Crippen MR) is 68.9 cm³/mol. The van der Waals surface area contributed by atoms with E-state index in [2.05, 4.69) is 15.3 Å². The number of hydrogen-bond acceptors (Lipinski definition) is 5. The number of carbonyl (C=O) groups is 1. The fourth-order valence-electron chi connectivity index (χ4n) is 2.19. The number of urea groups is 1. The normalized spacial score (nSPS) is 16.4. The van der Waals surface area contributed by atoms with Crippen LogP contribution >= 0.6 is 0 Å². The van der Waals surface area contributed by atoms with Crippen LogP contribution in [0.3, 0.4) is 0 Å². The third kappa shape index (κ3) is 3.43. The van der Waals surface area contributed by atoms with Crippen LogP contribution in [0.5, 0.6) is 0 Å². The van der Waals surface area contributed by atoms with Crippen molar-refractivity contribution < 1.29 is 9.18 Å². The number of piperidine rings is 1. The van der Waals surface area contributed by atoms with Crippen LogP contribution in [0.4, 0.5) is 21.0 Å². The number of nitrogens with zero attached hydrogens (tertiary/aromatic N) is 3. The Hall–Kier alpha value is -2.12. The van der Waals surface area contributed by atoms with Gasteiger partial charge in [-0.25, -0.2) is 14.2 Å². The second kappa shape index (κ2) is 5.68. The van der Waals surface area contributed by atoms with Gasteiger partial charge < -0.3 is 21.7 Å². The van der Waals surface area contributed by atoms with Crippen LogP contribution in [0, 0.1) is 11.7 Å². The molecule has 19 heavy (non-hydrogen) atoms. The molecule has 1 aliphatic heterocycles. The summed E-state index contributed by atoms with van der Waals surface area (Å²) in [4.78, 5) is 20.0. The molecule has 0 aromatic carbocycles. The lowest BCUT2D eigenvalue weighted by Crippen LogP contribution is -2.40. The van der Waals surface area contributed by atoms with Gasteiger partial charge in [-0.1, -0.05) is 0 Å². The largest absolute Gasteiger partial charge is 0.368 e. The SMILES string of the molecule is NC(=O)NCC1CCN(c2nc(N)ncc2F)CC1. The average molecular weight is 268 g/mol. The number of nitrogen functional groups attached to an aromatic ring is 1. The topological polar surface area (TPSA) is 110 Å². The fraction of sp³-hybridized carbons (Fsp3) is 0.545. The predicted octanol–water partition coefficient (Wildman–Crippen LogP) is 0.0826. The van der Waals surface area contributed by atoms with Gasteiger partial charge in [-0.15, -0.1) is 0 Å². The minimum absolute atomic E-state index is 0.0638. The maximum Gasteiger partial charge on any atom is 0.312 e. The molecule has 2 amide bonds. The second-order valence-electron chi connectivity index (χ2n) is 4.58. The van der Waals surface area contributed by atoms with Crippen molar-refractivity contribution in [3.63, 3.8) is 0 Å². The van der Waals surface area contributed by atoms with Crippen LogP contribution in [-0.2, 0) is 0 Å². The number of primary amides is 1. The van der Waals surface area contributed by atoms with E-state index in [0.717, 1.165) is 19.0 Å². The first-order valence-corrected chi connectivity index (χ1v) is 6.12. The lowest BCUT2D eigenvalue weighted by molar-refractivity contribution is 0.245. The Morgan fingerprint density at radius 1 is 1.53 bits per heavy atom. The summed E-state index contributed by atoms with van der Waals surface area (Å²) < 4.78 is 13.6. The third-order valence-electron chi connectivity index (χ3n) is 3.22. The summed E-state index contributed by atoms with van der Waals surface area (Å²) in [6, 6.07) is -0.517. The summed E-state index contributed by atoms with van der Waals surface area (Å²) in [6.45, 7) is 1.88. The average Bonchev–Trinajstić information content (AvgIpc) is 2.40. The van der Waals surface area contributed by atoms with Gasteiger partial charge in [0.2, 0.25) is 5.95 Å². The van der Waals surface area contributed by atoms with Crippen molar-refractivity contribution in [3.8, 4) is 0 Å². The highest BCUT2D eigenvalue weighted by atomic mass is 19.1. The smallest absolute Gasteiger partial charge is 0.312 e. The van der Waals surface area contributed by atoms with Crippen LogP contribution < -0.4 is 21.7 Å². The van der Waals surface area contributed by atoms with Crippen LogP contribution in [0.15, 0.2) is 6.20 Å². The molecule has 1 aromatic rings. The Labute approximate surface area is 110 Å². The number of anilines is 2. The summed E-state index contributed by atoms with van der Waals surface area (Å²) in [5.74, 6) is 0.191. The van der Waals surface area contributed by atoms with Crippen LogP contribution in [-0.4, -0.2) is 35.6 Å². The van der Waals surface area contributed by atoms with Crippen LogP contribution in [0.25, 0.3) is 0 Å². The van der Waals surface area contributed by atoms with Gasteiger partial charge in [0.1, 0.15) is 0 Å². The zero-order chi connectivity index (χ0) is 13.8. The number of halogens is 1. The van der Waals surface area contributed by atoms with E-state index >= 15 is 0 Å². The zero-order valence-corrected chi connectivity index (χ0v) is 10.5. The number of nitrogens with one attached hydrogen (secondary N) is 1. The number of hydrogen-bond donors (Lipinski definition) is 3. The Balaban J connectivity index is 1.92. The summed E-state index contributed by atoms with van der Waals surface area (Å²) in [5, 5.41) is 2.59. The summed E-state index contributed by atoms with van der Waals surface area (Å²) >= 11 is 0. The number of carbonyl (C=O) groups excluding carboxylic acids is 1. The molecule has 1 saturated heterocycles. The second-order valence-corrected chi connectivity index (χ2v) is 4.58. The molecular formula is C11H17FN6O. The Bertz CT molecular complexity index is 460. The fourth-order valence-corrected chi connectivity index (χ4v) is 2.19. The Morgan fingerprint density at radius 2 is 2.21 bits per heavy atom. The van der Waals surface area contributed by atoms with Crippen molar-refractivity contribution in [3.05, 3.63) is 12.0 Å². The summed E-state index contributed by atoms with van der Waals surface area (Å²) in [7, 11) is 0. The van der Waals surface area contributed by atoms with Gasteiger partial charge in [-0.3, -0.25) is 0 Å². The minimum atomic E-state index is -0.517. The lowest BCUT2D eigenvalue weighted by atomic mass is 9.97. The molecule has 0 atom stereocenters. The summed E-state index contributed by atoms with van der Waals surface area (Å²) in [6.07, 6.45) is 2.76. The van der Waals surface area contributed by atoms with E-state index in [1.165, 1.54) is 0 Å². The molecule has 1 aliphatic rings. The molecule has 0 saturated carbocycles. The molecule has 1 aromatic heterocycles. The maximum atomic E-state index is 13.6. The standard InChI is InChI=1S/C11H17FN6O/c12-8-6-15-10(13)17-9(8)18-3-1-7(2-4-18)5-16-11(14)19/h6-7H,1-5H2,(H2,13,15,17)(H3,14,16,19). The van der Waals surface area contributed by atoms with Crippen molar-refractivity contribution in [2.45, 2.75) is 12.8 Å². The molecule has 104 valence electrons. The molecule has 5 N–H and O–H groups in total. The van der Waals surface area contributed by atoms with E-state index < -0.39 is 11.8 Å². The van der Waals surface area contributed by atoms with Crippen LogP contribution in [0.2, 0.25) is 0 Å². The van der Waals surface area contributed by atoms with E-state index in [1.54, 1.807) is 0 Å². The molecule has 1 fully saturated rings. The van der Waals surface area contributed by atoms with E-state index in [1.807, 2.05) is 4.90 Å². The quantitative estimate of drug-likeness (QED) is 0.719. The molecule has 0 unspecified atom stereocenters. The molecule has 0 bridgehead atoms. The highest BCUT2D eigenvalue weighted by molar-refractivity contribution is 5.71. The molecule has 7 nitrogen and oxygen atoms in total. The van der Waals surface area contributed by atoms with E-state index in [0.29, 0.717) is 25.6 Å². The molecule has 0 radical (unpaired) electrons. The molecule has 2 heterocycles. The van der Waals surface area contributed by atoms with Crippen LogP contribution in [0.1, 0.15) is 12.8 Å². The van der Waals surface area contributed by atoms with Gasteiger partial charge in [-0.05, 0) is 18.8 Å². The number of rotatable bonds is 3. The third-order valence-corrected chi connectivity index (χ3v) is 3.22. The van der Waals surface area contributed by atoms with Gasteiger partial charge in [-0.2, -0.15) is 4.98 Å². The Morgan fingerprint density at radius 3 is 2.84 bits per heavy atom. The van der Waals surface area contributed by atoms with E-state index in [-0.39, 0.29) is 11.8 Å². The minimum Gasteiger partial charge on any atom is -0.368 e. The summed E-state index contributed by atoms with van der Waals surface area (Å²) in [5.41, 5.74) is 10.5. The highest BCUT2D eigenvalue weighted by Gasteiger charge is 2.22. The van der Waals surface area contributed by atoms with Gasteiger partial charge in [0, 0.05) is 19.6 Å². The maximum absolute atomic E-state index is 13.6. The van der Waals surface area contributed by atoms with Gasteiger partial charge >= 0.3 is 6.03 Å². The first kappa shape index (κ1) is 13.3. The molecule has 8 heteroatoms. The first-order chi connectivity index (χ1) is 9.06. The lowest BCUT2D eigenvalue weighted by Gasteiger charge is -2.32. The zero-order valence-electron chi connectivity index (χ0n) is 10.5. The monoisotopic (exact) mass is 268 g/mol. The molecule has 2 rings (SSSR count). The first-order valence-electron chi connectivity index (χ1n) is 6.12.